The number of cyclic esters (lactones) is 1. The first-order valence-electron chi connectivity index (χ1n) is 33.2. The van der Waals surface area contributed by atoms with Crippen molar-refractivity contribution in [3.63, 3.8) is 0 Å². The molecule has 0 amide bonds. The molecular formula is C80H62N6O14P6. The standard InChI is InChI=1S/C80H62N6O14P6/c87-79-77-53-31-32-54-78(77)80(88-79,63-55-59-75(60-56-63)99-105(97-73-49-27-9-28-50-73)83-101(89-65-33-11-1-12-34-65,90-66-35-13-2-14-36-66)81-102(84-105,91-67-37-15-3-16-38-67)92-68-39-17-4-18-40-68)64-57-61-76(62-58-64)100-106(98-74-51-29-10-30-52-74)85-103(93-69-41-19-5-20-42-69,94-70-43-21-6-22-44-70)82-104(86-106,95-71-45-23-7-24-46-71)96-72-47-25-8-26-48-72/h1-62H. The number of fused-ring (bicyclic) bond motifs is 1. The van der Waals surface area contributed by atoms with Crippen molar-refractivity contribution in [2.24, 2.45) is 27.1 Å². The molecule has 2 unspecified atom stereocenters. The van der Waals surface area contributed by atoms with E-state index in [9.17, 15) is 4.79 Å². The van der Waals surface area contributed by atoms with Crippen molar-refractivity contribution in [3.8, 4) is 69.0 Å². The van der Waals surface area contributed by atoms with E-state index < -0.39 is 57.5 Å². The zero-order valence-corrected chi connectivity index (χ0v) is 61.2. The molecule has 16 rings (SSSR count). The Kier molecular flexibility index (Phi) is 19.6. The average Bonchev–Trinajstić information content (AvgIpc) is 0.789. The predicted octanol–water partition coefficient (Wildman–Crippen LogP) is 25.4. The number of carbonyl (C=O) groups is 1. The number of hydrogen-bond donors (Lipinski definition) is 0. The SMILES string of the molecule is O=C1OC(c2ccc(OP3(Oc4ccccc4)=NP(Oc4ccccc4)(Oc4ccccc4)=NP(Oc4ccccc4)(Oc4ccccc4)=N3)cc2)(c2ccc(OP3(Oc4ccccc4)=NP(Oc4ccccc4)(Oc4ccccc4)=NP(Oc4ccccc4)(Oc4ccccc4)=N3)cc2)c2ccccc21. The van der Waals surface area contributed by atoms with E-state index in [1.807, 2.05) is 194 Å². The zero-order chi connectivity index (χ0) is 71.6. The molecule has 13 aromatic rings. The molecule has 106 heavy (non-hydrogen) atoms. The molecule has 526 valence electrons. The van der Waals surface area contributed by atoms with Crippen molar-refractivity contribution >= 4 is 51.9 Å². The normalized spacial score (nSPS) is 18.8. The van der Waals surface area contributed by atoms with E-state index in [2.05, 4.69) is 0 Å². The highest BCUT2D eigenvalue weighted by Crippen LogP contribution is 2.80. The molecule has 3 heterocycles. The molecule has 0 saturated heterocycles. The summed E-state index contributed by atoms with van der Waals surface area (Å²) in [5.74, 6) is 3.46. The highest BCUT2D eigenvalue weighted by atomic mass is 31.3. The van der Waals surface area contributed by atoms with Gasteiger partial charge in [0.15, 0.2) is 5.60 Å². The predicted molar refractivity (Wildman–Crippen MR) is 413 cm³/mol. The second kappa shape index (κ2) is 30.2. The van der Waals surface area contributed by atoms with E-state index in [-0.39, 0.29) is 11.5 Å². The molecule has 0 aromatic heterocycles. The number of rotatable bonds is 26. The van der Waals surface area contributed by atoms with E-state index in [0.717, 1.165) is 0 Å². The van der Waals surface area contributed by atoms with E-state index in [1.165, 1.54) is 0 Å². The van der Waals surface area contributed by atoms with Crippen LogP contribution in [0.25, 0.3) is 0 Å². The van der Waals surface area contributed by atoms with Gasteiger partial charge in [-0.1, -0.05) is 252 Å². The number of para-hydroxylation sites is 10. The lowest BCUT2D eigenvalue weighted by Gasteiger charge is -2.33. The highest BCUT2D eigenvalue weighted by molar-refractivity contribution is 7.79. The number of ether oxygens (including phenoxy) is 1. The molecule has 0 bridgehead atoms. The topological polar surface area (TPSA) is 211 Å². The second-order valence-corrected chi connectivity index (χ2v) is 35.7. The average molecular weight is 1520 g/mol. The first kappa shape index (κ1) is 68.7. The van der Waals surface area contributed by atoms with Crippen LogP contribution in [0.5, 0.6) is 69.0 Å². The van der Waals surface area contributed by atoms with Crippen LogP contribution < -0.4 is 54.3 Å². The van der Waals surface area contributed by atoms with Crippen molar-refractivity contribution in [2.75, 3.05) is 0 Å². The highest BCUT2D eigenvalue weighted by Gasteiger charge is 2.53. The Morgan fingerprint density at radius 1 is 0.198 bits per heavy atom. The van der Waals surface area contributed by atoms with Gasteiger partial charge in [0.2, 0.25) is 0 Å². The van der Waals surface area contributed by atoms with Gasteiger partial charge >= 0.3 is 51.9 Å². The van der Waals surface area contributed by atoms with E-state index >= 15 is 0 Å². The van der Waals surface area contributed by atoms with Gasteiger partial charge < -0.3 is 59.0 Å². The largest absolute Gasteiger partial charge is 0.460 e. The van der Waals surface area contributed by atoms with Crippen molar-refractivity contribution in [3.05, 3.63) is 398 Å². The fourth-order valence-electron chi connectivity index (χ4n) is 11.3. The van der Waals surface area contributed by atoms with Crippen molar-refractivity contribution in [1.29, 1.82) is 0 Å². The van der Waals surface area contributed by atoms with Gasteiger partial charge in [-0.15, -0.1) is 0 Å². The Bertz CT molecular complexity index is 4940. The lowest BCUT2D eigenvalue weighted by atomic mass is 9.80. The van der Waals surface area contributed by atoms with Gasteiger partial charge in [0.1, 0.15) is 69.0 Å². The maximum atomic E-state index is 14.6. The number of carbonyl (C=O) groups excluding carboxylic acids is 1. The van der Waals surface area contributed by atoms with Crippen LogP contribution in [0.2, 0.25) is 0 Å². The summed E-state index contributed by atoms with van der Waals surface area (Å²) >= 11 is 0. The van der Waals surface area contributed by atoms with Gasteiger partial charge in [0.25, 0.3) is 0 Å². The maximum Gasteiger partial charge on any atom is 0.460 e. The van der Waals surface area contributed by atoms with Crippen LogP contribution in [0.1, 0.15) is 27.0 Å². The molecule has 13 aromatic carbocycles. The van der Waals surface area contributed by atoms with Crippen molar-refractivity contribution in [1.82, 2.24) is 0 Å². The summed E-state index contributed by atoms with van der Waals surface area (Å²) in [5.41, 5.74) is 0.337. The smallest absolute Gasteiger partial charge is 0.441 e. The van der Waals surface area contributed by atoms with Crippen molar-refractivity contribution in [2.45, 2.75) is 5.60 Å². The summed E-state index contributed by atoms with van der Waals surface area (Å²) in [6, 6.07) is 112. The monoisotopic (exact) mass is 1520 g/mol. The van der Waals surface area contributed by atoms with Gasteiger partial charge in [0.05, 0.1) is 5.56 Å². The summed E-state index contributed by atoms with van der Waals surface area (Å²) in [6.45, 7) is 0. The number of hydrogen-bond acceptors (Lipinski definition) is 20. The van der Waals surface area contributed by atoms with Gasteiger partial charge in [0, 0.05) is 16.7 Å². The fourth-order valence-corrected chi connectivity index (χ4v) is 29.4. The molecule has 0 radical (unpaired) electrons. The third-order valence-electron chi connectivity index (χ3n) is 15.8. The minimum Gasteiger partial charge on any atom is -0.441 e. The zero-order valence-electron chi connectivity index (χ0n) is 55.9. The molecule has 26 heteroatoms. The first-order chi connectivity index (χ1) is 52.0. The molecular weight excluding hydrogens is 1450 g/mol. The summed E-state index contributed by atoms with van der Waals surface area (Å²) in [5, 5.41) is 0. The van der Waals surface area contributed by atoms with Crippen LogP contribution in [0, 0.1) is 0 Å². The van der Waals surface area contributed by atoms with Gasteiger partial charge in [-0.2, -0.15) is 0 Å². The fraction of sp³-hybridized carbons (Fsp3) is 0.0125. The summed E-state index contributed by atoms with van der Waals surface area (Å²) in [4.78, 5) is 14.6. The van der Waals surface area contributed by atoms with E-state index in [0.29, 0.717) is 79.7 Å². The minimum absolute atomic E-state index is 0.214. The maximum absolute atomic E-state index is 14.6. The van der Waals surface area contributed by atoms with Crippen LogP contribution in [0.4, 0.5) is 0 Å². The van der Waals surface area contributed by atoms with E-state index in [4.69, 9.17) is 86.1 Å². The lowest BCUT2D eigenvalue weighted by molar-refractivity contribution is 0.0251. The Hall–Kier alpha value is -11.7. The Balaban J connectivity index is 0.850. The number of esters is 1. The third kappa shape index (κ3) is 15.6. The molecule has 3 aliphatic heterocycles. The molecule has 2 atom stereocenters. The minimum atomic E-state index is -4.34. The quantitative estimate of drug-likeness (QED) is 0.0365. The van der Waals surface area contributed by atoms with Crippen LogP contribution in [0.15, 0.2) is 403 Å². The van der Waals surface area contributed by atoms with Crippen molar-refractivity contribution < 1.29 is 63.8 Å². The molecule has 20 nitrogen and oxygen atoms in total. The summed E-state index contributed by atoms with van der Waals surface area (Å²) in [7, 11) is -25.5. The lowest BCUT2D eigenvalue weighted by Crippen LogP contribution is -2.29. The van der Waals surface area contributed by atoms with Gasteiger partial charge in [-0.3, -0.25) is 0 Å². The molecule has 0 aliphatic carbocycles. The molecule has 0 fully saturated rings. The molecule has 0 saturated carbocycles. The Morgan fingerprint density at radius 2 is 0.358 bits per heavy atom. The second-order valence-electron chi connectivity index (χ2n) is 23.4. The molecule has 3 aliphatic rings. The number of nitrogens with zero attached hydrogens (tertiary/aromatic N) is 6. The van der Waals surface area contributed by atoms with Crippen LogP contribution in [-0.4, -0.2) is 5.97 Å². The first-order valence-corrected chi connectivity index (χ1v) is 42.4. The molecule has 0 N–H and O–H groups in total. The van der Waals surface area contributed by atoms with E-state index in [1.54, 1.807) is 182 Å². The summed E-state index contributed by atoms with van der Waals surface area (Å²) < 4.78 is 124. The van der Waals surface area contributed by atoms with Crippen LogP contribution in [0.3, 0.4) is 0 Å². The van der Waals surface area contributed by atoms with Gasteiger partial charge in [-0.05, 0) is 152 Å². The van der Waals surface area contributed by atoms with Crippen LogP contribution >= 0.6 is 46.0 Å². The third-order valence-corrected chi connectivity index (χ3v) is 32.0. The Morgan fingerprint density at radius 3 is 0.547 bits per heavy atom. The summed E-state index contributed by atoms with van der Waals surface area (Å²) in [6.07, 6.45) is 0. The Labute approximate surface area is 612 Å². The van der Waals surface area contributed by atoms with Crippen LogP contribution in [-0.2, 0) is 10.3 Å². The number of benzene rings is 13. The van der Waals surface area contributed by atoms with Gasteiger partial charge in [-0.25, -0.2) is 4.79 Å². The molecule has 0 spiro atoms.